The zero-order valence-corrected chi connectivity index (χ0v) is 12.3. The molecule has 0 bridgehead atoms. The summed E-state index contributed by atoms with van der Waals surface area (Å²) in [5.41, 5.74) is 5.24. The Morgan fingerprint density at radius 3 is 2.80 bits per heavy atom. The summed E-state index contributed by atoms with van der Waals surface area (Å²) >= 11 is 6.01. The molecule has 6 nitrogen and oxygen atoms in total. The van der Waals surface area contributed by atoms with Gasteiger partial charge < -0.3 is 15.4 Å². The first-order chi connectivity index (χ1) is 9.58. The van der Waals surface area contributed by atoms with Crippen LogP contribution in [-0.4, -0.2) is 36.1 Å². The molecular weight excluding hydrogens is 280 g/mol. The number of nitrogens with zero attached hydrogens (tertiary/aromatic N) is 3. The van der Waals surface area contributed by atoms with E-state index in [1.54, 1.807) is 13.2 Å². The smallest absolute Gasteiger partial charge is 0.217 e. The third-order valence-electron chi connectivity index (χ3n) is 3.43. The number of aromatic nitrogens is 2. The lowest BCUT2D eigenvalue weighted by molar-refractivity contribution is -0.119. The molecule has 0 spiro atoms. The summed E-state index contributed by atoms with van der Waals surface area (Å²) in [4.78, 5) is 21.7. The van der Waals surface area contributed by atoms with Gasteiger partial charge in [0, 0.05) is 32.7 Å². The van der Waals surface area contributed by atoms with Crippen LogP contribution in [0.1, 0.15) is 25.1 Å². The van der Waals surface area contributed by atoms with Crippen LogP contribution in [0.3, 0.4) is 0 Å². The van der Waals surface area contributed by atoms with Crippen LogP contribution in [0, 0.1) is 5.92 Å². The van der Waals surface area contributed by atoms with Crippen molar-refractivity contribution in [3.8, 4) is 0 Å². The van der Waals surface area contributed by atoms with E-state index in [0.29, 0.717) is 29.9 Å². The summed E-state index contributed by atoms with van der Waals surface area (Å²) in [5.74, 6) is 1.54. The lowest BCUT2D eigenvalue weighted by atomic mass is 9.93. The molecule has 1 saturated heterocycles. The Kier molecular flexibility index (Phi) is 5.14. The van der Waals surface area contributed by atoms with Crippen molar-refractivity contribution < 1.29 is 9.53 Å². The van der Waals surface area contributed by atoms with Crippen molar-refractivity contribution in [1.29, 1.82) is 0 Å². The maximum Gasteiger partial charge on any atom is 0.217 e. The Labute approximate surface area is 123 Å². The molecule has 0 aliphatic carbocycles. The quantitative estimate of drug-likeness (QED) is 0.830. The van der Waals surface area contributed by atoms with Crippen LogP contribution >= 0.6 is 11.6 Å². The van der Waals surface area contributed by atoms with Gasteiger partial charge >= 0.3 is 0 Å². The minimum absolute atomic E-state index is 0.226. The minimum Gasteiger partial charge on any atom is -0.377 e. The molecule has 1 aliphatic heterocycles. The maximum atomic E-state index is 10.9. The molecule has 110 valence electrons. The number of amides is 1. The van der Waals surface area contributed by atoms with Gasteiger partial charge in [0.05, 0.1) is 0 Å². The van der Waals surface area contributed by atoms with Crippen molar-refractivity contribution in [3.63, 3.8) is 0 Å². The van der Waals surface area contributed by atoms with Crippen molar-refractivity contribution in [2.75, 3.05) is 25.1 Å². The Morgan fingerprint density at radius 2 is 2.20 bits per heavy atom. The Bertz CT molecular complexity index is 475. The van der Waals surface area contributed by atoms with E-state index in [-0.39, 0.29) is 5.91 Å². The van der Waals surface area contributed by atoms with Gasteiger partial charge in [0.2, 0.25) is 5.91 Å². The molecule has 0 radical (unpaired) electrons. The van der Waals surface area contributed by atoms with Crippen LogP contribution in [-0.2, 0) is 16.1 Å². The summed E-state index contributed by atoms with van der Waals surface area (Å²) < 4.78 is 5.03. The van der Waals surface area contributed by atoms with E-state index in [4.69, 9.17) is 22.1 Å². The number of primary amides is 1. The molecule has 0 saturated carbocycles. The molecular formula is C13H19ClN4O2. The molecule has 1 aliphatic rings. The molecule has 20 heavy (non-hydrogen) atoms. The summed E-state index contributed by atoms with van der Waals surface area (Å²) in [6, 6.07) is 1.76. The van der Waals surface area contributed by atoms with Gasteiger partial charge in [-0.15, -0.1) is 0 Å². The SMILES string of the molecule is COCc1nc(Cl)cc(N2CCC(CC(N)=O)CC2)n1. The minimum atomic E-state index is -0.226. The van der Waals surface area contributed by atoms with E-state index in [1.165, 1.54) is 0 Å². The van der Waals surface area contributed by atoms with Crippen LogP contribution in [0.5, 0.6) is 0 Å². The highest BCUT2D eigenvalue weighted by molar-refractivity contribution is 6.29. The highest BCUT2D eigenvalue weighted by Crippen LogP contribution is 2.25. The number of halogens is 1. The maximum absolute atomic E-state index is 10.9. The second kappa shape index (κ2) is 6.85. The number of carbonyl (C=O) groups excluding carboxylic acids is 1. The monoisotopic (exact) mass is 298 g/mol. The third-order valence-corrected chi connectivity index (χ3v) is 3.62. The lowest BCUT2D eigenvalue weighted by Crippen LogP contribution is -2.35. The predicted octanol–water partition coefficient (Wildman–Crippen LogP) is 1.37. The second-order valence-corrected chi connectivity index (χ2v) is 5.39. The Morgan fingerprint density at radius 1 is 1.50 bits per heavy atom. The van der Waals surface area contributed by atoms with E-state index in [2.05, 4.69) is 14.9 Å². The summed E-state index contributed by atoms with van der Waals surface area (Å²) in [6.07, 6.45) is 2.33. The zero-order chi connectivity index (χ0) is 14.5. The number of anilines is 1. The van der Waals surface area contributed by atoms with Gasteiger partial charge in [-0.25, -0.2) is 9.97 Å². The second-order valence-electron chi connectivity index (χ2n) is 5.00. The average molecular weight is 299 g/mol. The van der Waals surface area contributed by atoms with E-state index in [9.17, 15) is 4.79 Å². The van der Waals surface area contributed by atoms with Crippen LogP contribution < -0.4 is 10.6 Å². The Balaban J connectivity index is 2.01. The van der Waals surface area contributed by atoms with Crippen LogP contribution in [0.15, 0.2) is 6.07 Å². The van der Waals surface area contributed by atoms with Gasteiger partial charge in [-0.3, -0.25) is 4.79 Å². The van der Waals surface area contributed by atoms with Crippen molar-refractivity contribution in [2.45, 2.75) is 25.9 Å². The van der Waals surface area contributed by atoms with Gasteiger partial charge in [0.25, 0.3) is 0 Å². The first-order valence-corrected chi connectivity index (χ1v) is 7.02. The van der Waals surface area contributed by atoms with Crippen molar-refractivity contribution in [2.24, 2.45) is 11.7 Å². The number of piperidine rings is 1. The largest absolute Gasteiger partial charge is 0.377 e. The fraction of sp³-hybridized carbons (Fsp3) is 0.615. The first kappa shape index (κ1) is 15.0. The van der Waals surface area contributed by atoms with Crippen LogP contribution in [0.2, 0.25) is 5.15 Å². The number of methoxy groups -OCH3 is 1. The standard InChI is InChI=1S/C13H19ClN4O2/c1-20-8-12-16-10(14)7-13(17-12)18-4-2-9(3-5-18)6-11(15)19/h7,9H,2-6,8H2,1H3,(H2,15,19). The van der Waals surface area contributed by atoms with Gasteiger partial charge in [-0.2, -0.15) is 0 Å². The van der Waals surface area contributed by atoms with E-state index >= 15 is 0 Å². The predicted molar refractivity (Wildman–Crippen MR) is 76.5 cm³/mol. The fourth-order valence-corrected chi connectivity index (χ4v) is 2.65. The van der Waals surface area contributed by atoms with Gasteiger partial charge in [-0.1, -0.05) is 11.6 Å². The Hall–Kier alpha value is -1.40. The molecule has 1 amide bonds. The molecule has 2 rings (SSSR count). The van der Waals surface area contributed by atoms with E-state index in [0.717, 1.165) is 31.7 Å². The number of hydrogen-bond acceptors (Lipinski definition) is 5. The van der Waals surface area contributed by atoms with Crippen LogP contribution in [0.25, 0.3) is 0 Å². The number of ether oxygens (including phenoxy) is 1. The molecule has 2 heterocycles. The number of nitrogens with two attached hydrogens (primary N) is 1. The first-order valence-electron chi connectivity index (χ1n) is 6.64. The molecule has 0 unspecified atom stereocenters. The molecule has 0 atom stereocenters. The summed E-state index contributed by atoms with van der Waals surface area (Å²) in [6.45, 7) is 2.03. The number of carbonyl (C=O) groups is 1. The number of rotatable bonds is 5. The molecule has 0 aromatic carbocycles. The zero-order valence-electron chi connectivity index (χ0n) is 11.5. The van der Waals surface area contributed by atoms with E-state index < -0.39 is 0 Å². The highest BCUT2D eigenvalue weighted by Gasteiger charge is 2.22. The number of hydrogen-bond donors (Lipinski definition) is 1. The van der Waals surface area contributed by atoms with Gasteiger partial charge in [0.15, 0.2) is 5.82 Å². The molecule has 1 aromatic rings. The van der Waals surface area contributed by atoms with Gasteiger partial charge in [-0.05, 0) is 18.8 Å². The van der Waals surface area contributed by atoms with Crippen LogP contribution in [0.4, 0.5) is 5.82 Å². The fourth-order valence-electron chi connectivity index (χ4n) is 2.46. The highest BCUT2D eigenvalue weighted by atomic mass is 35.5. The summed E-state index contributed by atoms with van der Waals surface area (Å²) in [7, 11) is 1.60. The van der Waals surface area contributed by atoms with Gasteiger partial charge in [0.1, 0.15) is 17.6 Å². The normalized spacial score (nSPS) is 16.4. The van der Waals surface area contributed by atoms with Crippen molar-refractivity contribution >= 4 is 23.3 Å². The molecule has 2 N–H and O–H groups in total. The topological polar surface area (TPSA) is 81.3 Å². The molecule has 1 fully saturated rings. The lowest BCUT2D eigenvalue weighted by Gasteiger charge is -2.32. The summed E-state index contributed by atoms with van der Waals surface area (Å²) in [5, 5.41) is 0.418. The van der Waals surface area contributed by atoms with Crippen molar-refractivity contribution in [3.05, 3.63) is 17.0 Å². The van der Waals surface area contributed by atoms with E-state index in [1.807, 2.05) is 0 Å². The van der Waals surface area contributed by atoms with Crippen molar-refractivity contribution in [1.82, 2.24) is 9.97 Å². The molecule has 7 heteroatoms. The molecule has 1 aromatic heterocycles. The average Bonchev–Trinajstić information content (AvgIpc) is 2.38. The third kappa shape index (κ3) is 4.05.